The van der Waals surface area contributed by atoms with Crippen LogP contribution in [0.1, 0.15) is 84.1 Å². The molecule has 2 N–H and O–H groups in total. The molecule has 1 aromatic rings. The first-order valence-corrected chi connectivity index (χ1v) is 14.5. The lowest BCUT2D eigenvalue weighted by Crippen LogP contribution is -2.59. The van der Waals surface area contributed by atoms with E-state index in [1.807, 2.05) is 37.3 Å². The fraction of sp³-hybridized carbons (Fsp3) is 0.806. The fourth-order valence-corrected chi connectivity index (χ4v) is 9.93. The molecule has 0 saturated heterocycles. The quantitative estimate of drug-likeness (QED) is 0.391. The molecule has 1 unspecified atom stereocenters. The van der Waals surface area contributed by atoms with Gasteiger partial charge in [0.15, 0.2) is 5.60 Å². The average Bonchev–Trinajstić information content (AvgIpc) is 3.20. The van der Waals surface area contributed by atoms with Gasteiger partial charge in [0.05, 0.1) is 6.10 Å². The summed E-state index contributed by atoms with van der Waals surface area (Å²) in [6.45, 7) is 6.56. The largest absolute Gasteiger partial charge is 0.417 e. The Morgan fingerprint density at radius 2 is 1.59 bits per heavy atom. The van der Waals surface area contributed by atoms with E-state index in [0.717, 1.165) is 44.1 Å². The van der Waals surface area contributed by atoms with Gasteiger partial charge in [0.1, 0.15) is 6.17 Å². The summed E-state index contributed by atoms with van der Waals surface area (Å²) in [6.07, 6.45) is -0.920. The Morgan fingerprint density at radius 1 is 0.919 bits per heavy atom. The zero-order valence-corrected chi connectivity index (χ0v) is 22.5. The number of halogens is 4. The molecule has 37 heavy (non-hydrogen) atoms. The van der Waals surface area contributed by atoms with Crippen molar-refractivity contribution in [3.63, 3.8) is 0 Å². The number of aliphatic hydroxyl groups excluding tert-OH is 1. The fourth-order valence-electron chi connectivity index (χ4n) is 9.93. The molecular weight excluding hydrogens is 480 g/mol. The highest BCUT2D eigenvalue weighted by atomic mass is 19.4. The Labute approximate surface area is 219 Å². The van der Waals surface area contributed by atoms with Crippen molar-refractivity contribution in [1.82, 2.24) is 0 Å². The van der Waals surface area contributed by atoms with E-state index >= 15 is 4.39 Å². The van der Waals surface area contributed by atoms with Crippen LogP contribution in [0, 0.1) is 46.3 Å². The summed E-state index contributed by atoms with van der Waals surface area (Å²) >= 11 is 0. The van der Waals surface area contributed by atoms with Crippen LogP contribution in [0.2, 0.25) is 0 Å². The highest BCUT2D eigenvalue weighted by Gasteiger charge is 2.65. The highest BCUT2D eigenvalue weighted by Crippen LogP contribution is 2.69. The summed E-state index contributed by atoms with van der Waals surface area (Å²) < 4.78 is 56.1. The van der Waals surface area contributed by atoms with Crippen LogP contribution in [0.3, 0.4) is 0 Å². The predicted molar refractivity (Wildman–Crippen MR) is 136 cm³/mol. The molecule has 2 nitrogen and oxygen atoms in total. The number of hydrogen-bond acceptors (Lipinski definition) is 2. The normalized spacial score (nSPS) is 44.3. The number of aliphatic hydroxyl groups is 2. The summed E-state index contributed by atoms with van der Waals surface area (Å²) in [5.74, 6) is 1.33. The summed E-state index contributed by atoms with van der Waals surface area (Å²) in [5.41, 5.74) is -1.78. The summed E-state index contributed by atoms with van der Waals surface area (Å²) in [4.78, 5) is 0. The lowest BCUT2D eigenvalue weighted by molar-refractivity contribution is -0.290. The standard InChI is InChI=1S/C31H44F4O2/c1-19(27(36)26(32)17-20-7-5-4-6-8-20)23-11-12-24-22-10-9-21-18-30(37,31(33,34)35)16-15-28(21,2)25(22)13-14-29(23,24)3/h4-8,19,21-27,36-37H,9-18H2,1-3H3/t19-,21+,22-,23+,24-,25-,26?,27-,28-,29+,30+/m0/s1. The molecule has 4 fully saturated rings. The van der Waals surface area contributed by atoms with Crippen LogP contribution in [0.25, 0.3) is 0 Å². The van der Waals surface area contributed by atoms with Gasteiger partial charge in [-0.2, -0.15) is 13.2 Å². The van der Waals surface area contributed by atoms with Crippen molar-refractivity contribution in [2.45, 2.75) is 109 Å². The first kappa shape index (κ1) is 27.4. The van der Waals surface area contributed by atoms with Crippen LogP contribution in [-0.2, 0) is 6.42 Å². The third-order valence-electron chi connectivity index (χ3n) is 12.1. The van der Waals surface area contributed by atoms with Gasteiger partial charge in [-0.25, -0.2) is 4.39 Å². The SMILES string of the molecule is C[C@H]([C@H](O)C(F)Cc1ccccc1)[C@H]1CC[C@H]2[C@@H]3CC[C@@H]4C[C@@](O)(C(F)(F)F)CC[C@]4(C)[C@H]3CC[C@]12C. The van der Waals surface area contributed by atoms with Crippen LogP contribution < -0.4 is 0 Å². The summed E-state index contributed by atoms with van der Waals surface area (Å²) in [7, 11) is 0. The van der Waals surface area contributed by atoms with Crippen molar-refractivity contribution < 1.29 is 27.8 Å². The molecule has 0 amide bonds. The third kappa shape index (κ3) is 4.46. The van der Waals surface area contributed by atoms with E-state index in [9.17, 15) is 23.4 Å². The maximum atomic E-state index is 15.2. The van der Waals surface area contributed by atoms with Gasteiger partial charge >= 0.3 is 6.18 Å². The molecule has 0 bridgehead atoms. The van der Waals surface area contributed by atoms with E-state index in [-0.39, 0.29) is 47.8 Å². The minimum Gasteiger partial charge on any atom is -0.390 e. The molecule has 208 valence electrons. The monoisotopic (exact) mass is 524 g/mol. The first-order valence-electron chi connectivity index (χ1n) is 14.5. The second kappa shape index (κ2) is 9.50. The Balaban J connectivity index is 1.29. The molecule has 0 aromatic heterocycles. The van der Waals surface area contributed by atoms with Crippen LogP contribution in [0.5, 0.6) is 0 Å². The Hall–Kier alpha value is -1.14. The molecule has 6 heteroatoms. The van der Waals surface area contributed by atoms with Gasteiger partial charge in [-0.1, -0.05) is 51.1 Å². The molecule has 4 aliphatic carbocycles. The molecule has 0 radical (unpaired) electrons. The molecule has 5 rings (SSSR count). The van der Waals surface area contributed by atoms with E-state index in [4.69, 9.17) is 0 Å². The molecule has 0 aliphatic heterocycles. The van der Waals surface area contributed by atoms with Crippen LogP contribution in [-0.4, -0.2) is 34.3 Å². The minimum atomic E-state index is -4.57. The Bertz CT molecular complexity index is 952. The number of rotatable bonds is 5. The van der Waals surface area contributed by atoms with E-state index in [1.165, 1.54) is 0 Å². The molecular formula is C31H44F4O2. The van der Waals surface area contributed by atoms with Crippen molar-refractivity contribution in [2.24, 2.45) is 46.3 Å². The van der Waals surface area contributed by atoms with E-state index in [1.54, 1.807) is 0 Å². The molecule has 0 heterocycles. The maximum absolute atomic E-state index is 15.2. The van der Waals surface area contributed by atoms with Gasteiger partial charge in [0.25, 0.3) is 0 Å². The van der Waals surface area contributed by atoms with Crippen molar-refractivity contribution in [2.75, 3.05) is 0 Å². The maximum Gasteiger partial charge on any atom is 0.417 e. The van der Waals surface area contributed by atoms with Gasteiger partial charge in [-0.3, -0.25) is 0 Å². The zero-order chi connectivity index (χ0) is 26.8. The van der Waals surface area contributed by atoms with Gasteiger partial charge in [0, 0.05) is 6.42 Å². The Kier molecular flexibility index (Phi) is 7.04. The molecule has 0 spiro atoms. The molecule has 11 atom stereocenters. The Morgan fingerprint density at radius 3 is 2.27 bits per heavy atom. The van der Waals surface area contributed by atoms with Gasteiger partial charge < -0.3 is 10.2 Å². The first-order chi connectivity index (χ1) is 17.3. The van der Waals surface area contributed by atoms with Gasteiger partial charge in [0.2, 0.25) is 0 Å². The molecule has 4 saturated carbocycles. The molecule has 1 aromatic carbocycles. The summed E-state index contributed by atoms with van der Waals surface area (Å²) in [5, 5.41) is 21.5. The van der Waals surface area contributed by atoms with Gasteiger partial charge in [-0.15, -0.1) is 0 Å². The second-order valence-electron chi connectivity index (χ2n) is 13.7. The number of alkyl halides is 4. The number of hydrogen-bond donors (Lipinski definition) is 2. The third-order valence-corrected chi connectivity index (χ3v) is 12.1. The van der Waals surface area contributed by atoms with Crippen molar-refractivity contribution in [3.8, 4) is 0 Å². The average molecular weight is 525 g/mol. The lowest BCUT2D eigenvalue weighted by atomic mass is 9.43. The second-order valence-corrected chi connectivity index (χ2v) is 13.7. The van der Waals surface area contributed by atoms with Crippen molar-refractivity contribution in [1.29, 1.82) is 0 Å². The number of fused-ring (bicyclic) bond motifs is 5. The molecule has 4 aliphatic rings. The highest BCUT2D eigenvalue weighted by molar-refractivity contribution is 5.16. The van der Waals surface area contributed by atoms with E-state index < -0.39 is 24.1 Å². The number of benzene rings is 1. The van der Waals surface area contributed by atoms with Crippen LogP contribution in [0.15, 0.2) is 30.3 Å². The zero-order valence-electron chi connectivity index (χ0n) is 22.5. The minimum absolute atomic E-state index is 0.0264. The lowest BCUT2D eigenvalue weighted by Gasteiger charge is -2.62. The van der Waals surface area contributed by atoms with E-state index in [2.05, 4.69) is 13.8 Å². The summed E-state index contributed by atoms with van der Waals surface area (Å²) in [6, 6.07) is 9.49. The predicted octanol–water partition coefficient (Wildman–Crippen LogP) is 7.52. The van der Waals surface area contributed by atoms with Crippen LogP contribution in [0.4, 0.5) is 17.6 Å². The topological polar surface area (TPSA) is 40.5 Å². The van der Waals surface area contributed by atoms with Gasteiger partial charge in [-0.05, 0) is 110 Å². The van der Waals surface area contributed by atoms with E-state index in [0.29, 0.717) is 24.2 Å². The van der Waals surface area contributed by atoms with Crippen LogP contribution >= 0.6 is 0 Å². The van der Waals surface area contributed by atoms with Crippen molar-refractivity contribution in [3.05, 3.63) is 35.9 Å². The van der Waals surface area contributed by atoms with Crippen molar-refractivity contribution >= 4 is 0 Å². The smallest absolute Gasteiger partial charge is 0.390 e.